The number of carbonyl (C=O) groups is 1. The zero-order valence-electron chi connectivity index (χ0n) is 20.2. The summed E-state index contributed by atoms with van der Waals surface area (Å²) >= 11 is 0. The third-order valence-corrected chi connectivity index (χ3v) is 6.49. The number of hydrogen-bond donors (Lipinski definition) is 3. The molecule has 2 atom stereocenters. The molecule has 0 radical (unpaired) electrons. The number of hydrogen-bond acceptors (Lipinski definition) is 6. The van der Waals surface area contributed by atoms with E-state index in [-0.39, 0.29) is 5.56 Å². The van der Waals surface area contributed by atoms with E-state index >= 15 is 4.39 Å². The average Bonchev–Trinajstić information content (AvgIpc) is 2.91. The second-order valence-corrected chi connectivity index (χ2v) is 9.65. The van der Waals surface area contributed by atoms with Crippen LogP contribution >= 0.6 is 0 Å². The quantitative estimate of drug-likeness (QED) is 0.496. The molecule has 2 unspecified atom stereocenters. The van der Waals surface area contributed by atoms with Crippen molar-refractivity contribution < 1.29 is 28.2 Å². The highest BCUT2D eigenvalue weighted by Crippen LogP contribution is 2.43. The number of alkyl halides is 2. The molecule has 0 bridgehead atoms. The Bertz CT molecular complexity index is 1350. The van der Waals surface area contributed by atoms with Crippen LogP contribution in [0.15, 0.2) is 30.3 Å². The normalized spacial score (nSPS) is 19.3. The summed E-state index contributed by atoms with van der Waals surface area (Å²) in [6.45, 7) is 6.52. The number of rotatable bonds is 5. The molecule has 0 fully saturated rings. The molecular weight excluding hydrogens is 461 g/mol. The van der Waals surface area contributed by atoms with Gasteiger partial charge in [-0.25, -0.2) is 14.4 Å². The molecule has 0 aliphatic carbocycles. The smallest absolute Gasteiger partial charge is 0.303 e. The molecule has 0 saturated heterocycles. The van der Waals surface area contributed by atoms with Crippen LogP contribution in [0.1, 0.15) is 56.3 Å². The molecule has 3 N–H and O–H groups in total. The van der Waals surface area contributed by atoms with Crippen LogP contribution in [0.2, 0.25) is 0 Å². The first-order valence-corrected chi connectivity index (χ1v) is 11.1. The van der Waals surface area contributed by atoms with Gasteiger partial charge in [0.25, 0.3) is 5.91 Å². The van der Waals surface area contributed by atoms with Crippen molar-refractivity contribution in [3.8, 4) is 0 Å². The van der Waals surface area contributed by atoms with Gasteiger partial charge in [-0.2, -0.15) is 8.78 Å². The number of fused-ring (bicyclic) bond motifs is 2. The number of benzene rings is 2. The van der Waals surface area contributed by atoms with Crippen LogP contribution in [-0.4, -0.2) is 38.7 Å². The van der Waals surface area contributed by atoms with Gasteiger partial charge in [0.15, 0.2) is 5.60 Å². The van der Waals surface area contributed by atoms with Gasteiger partial charge in [0, 0.05) is 23.6 Å². The van der Waals surface area contributed by atoms with E-state index in [1.807, 2.05) is 0 Å². The molecule has 2 aromatic carbocycles. The van der Waals surface area contributed by atoms with Gasteiger partial charge in [-0.3, -0.25) is 4.79 Å². The molecule has 1 aromatic heterocycles. The predicted octanol–water partition coefficient (Wildman–Crippen LogP) is 4.30. The fraction of sp³-hybridized carbons (Fsp3) is 0.400. The Labute approximate surface area is 200 Å². The van der Waals surface area contributed by atoms with Gasteiger partial charge in [0.1, 0.15) is 23.1 Å². The molecule has 3 aromatic rings. The first-order valence-electron chi connectivity index (χ1n) is 11.1. The first-order chi connectivity index (χ1) is 16.1. The number of carbonyl (C=O) groups excluding carboxylic acids is 1. The van der Waals surface area contributed by atoms with Crippen LogP contribution in [0, 0.1) is 12.7 Å². The Kier molecular flexibility index (Phi) is 5.61. The molecule has 10 heteroatoms. The number of nitrogens with one attached hydrogen (secondary N) is 1. The number of aliphatic hydroxyl groups is 2. The number of aryl methyl sites for hydroxylation is 1. The Hall–Kier alpha value is -3.24. The molecule has 1 aliphatic heterocycles. The average molecular weight is 489 g/mol. The summed E-state index contributed by atoms with van der Waals surface area (Å²) in [7, 11) is 1.54. The zero-order valence-corrected chi connectivity index (χ0v) is 20.2. The highest BCUT2D eigenvalue weighted by atomic mass is 19.3. The summed E-state index contributed by atoms with van der Waals surface area (Å²) in [4.78, 5) is 22.7. The van der Waals surface area contributed by atoms with Crippen LogP contribution in [-0.2, 0) is 16.3 Å². The number of anilines is 2. The fourth-order valence-corrected chi connectivity index (χ4v) is 4.35. The lowest BCUT2D eigenvalue weighted by Gasteiger charge is -2.30. The molecule has 4 rings (SSSR count). The molecule has 2 heterocycles. The molecule has 1 aliphatic rings. The largest absolute Gasteiger partial charge is 0.384 e. The summed E-state index contributed by atoms with van der Waals surface area (Å²) in [5, 5.41) is 24.2. The zero-order chi connectivity index (χ0) is 26.1. The van der Waals surface area contributed by atoms with Crippen molar-refractivity contribution in [3.05, 3.63) is 58.7 Å². The molecule has 35 heavy (non-hydrogen) atoms. The van der Waals surface area contributed by atoms with Crippen molar-refractivity contribution >= 4 is 28.3 Å². The minimum Gasteiger partial charge on any atom is -0.384 e. The molecule has 7 nitrogen and oxygen atoms in total. The van der Waals surface area contributed by atoms with Crippen molar-refractivity contribution in [1.29, 1.82) is 0 Å². The third-order valence-electron chi connectivity index (χ3n) is 6.49. The minimum absolute atomic E-state index is 0.0350. The maximum atomic E-state index is 15.3. The highest BCUT2D eigenvalue weighted by Gasteiger charge is 2.49. The van der Waals surface area contributed by atoms with Gasteiger partial charge in [0.05, 0.1) is 22.8 Å². The summed E-state index contributed by atoms with van der Waals surface area (Å²) < 4.78 is 44.7. The van der Waals surface area contributed by atoms with Gasteiger partial charge in [-0.1, -0.05) is 12.1 Å². The van der Waals surface area contributed by atoms with Crippen molar-refractivity contribution in [2.75, 3.05) is 17.3 Å². The lowest BCUT2D eigenvalue weighted by molar-refractivity contribution is -0.170. The van der Waals surface area contributed by atoms with Crippen LogP contribution in [0.3, 0.4) is 0 Å². The Balaban J connectivity index is 1.79. The van der Waals surface area contributed by atoms with E-state index in [0.29, 0.717) is 33.8 Å². The van der Waals surface area contributed by atoms with Crippen molar-refractivity contribution in [2.45, 2.75) is 57.8 Å². The van der Waals surface area contributed by atoms with Crippen molar-refractivity contribution in [2.24, 2.45) is 0 Å². The topological polar surface area (TPSA) is 98.6 Å². The van der Waals surface area contributed by atoms with Gasteiger partial charge in [-0.05, 0) is 52.8 Å². The van der Waals surface area contributed by atoms with Crippen molar-refractivity contribution in [3.63, 3.8) is 0 Å². The van der Waals surface area contributed by atoms with E-state index in [1.54, 1.807) is 33.0 Å². The fourth-order valence-electron chi connectivity index (χ4n) is 4.35. The van der Waals surface area contributed by atoms with E-state index in [2.05, 4.69) is 15.3 Å². The minimum atomic E-state index is -3.82. The maximum absolute atomic E-state index is 15.3. The van der Waals surface area contributed by atoms with E-state index in [4.69, 9.17) is 0 Å². The third kappa shape index (κ3) is 3.81. The highest BCUT2D eigenvalue weighted by molar-refractivity contribution is 6.09. The molecule has 0 saturated carbocycles. The van der Waals surface area contributed by atoms with Crippen LogP contribution < -0.4 is 10.2 Å². The number of nitrogens with zero attached hydrogens (tertiary/aromatic N) is 3. The van der Waals surface area contributed by atoms with E-state index in [9.17, 15) is 23.8 Å². The lowest BCUT2D eigenvalue weighted by atomic mass is 9.91. The monoisotopic (exact) mass is 488 g/mol. The van der Waals surface area contributed by atoms with Crippen molar-refractivity contribution in [1.82, 2.24) is 9.97 Å². The van der Waals surface area contributed by atoms with Gasteiger partial charge in [0.2, 0.25) is 0 Å². The van der Waals surface area contributed by atoms with E-state index in [1.165, 1.54) is 24.0 Å². The lowest BCUT2D eigenvalue weighted by Crippen LogP contribution is -2.41. The first kappa shape index (κ1) is 24.9. The van der Waals surface area contributed by atoms with Crippen LogP contribution in [0.25, 0.3) is 10.9 Å². The number of amides is 1. The summed E-state index contributed by atoms with van der Waals surface area (Å²) in [5.74, 6) is -4.74. The van der Waals surface area contributed by atoms with Gasteiger partial charge in [-0.15, -0.1) is 0 Å². The summed E-state index contributed by atoms with van der Waals surface area (Å²) in [5.41, 5.74) is -3.76. The molecule has 0 spiro atoms. The van der Waals surface area contributed by atoms with Gasteiger partial charge >= 0.3 is 5.92 Å². The SMILES string of the molecule is Cc1nc(NC(C)c2cccc(C(F)(F)C(C)(C)O)c2F)c2cc3c(cc2n1)C(C)(O)C(=O)N3C. The number of likely N-dealkylation sites (N-methyl/N-ethyl adjacent to an activating group) is 1. The second kappa shape index (κ2) is 7.89. The number of aromatic nitrogens is 2. The molecule has 1 amide bonds. The van der Waals surface area contributed by atoms with Gasteiger partial charge < -0.3 is 20.4 Å². The predicted molar refractivity (Wildman–Crippen MR) is 126 cm³/mol. The second-order valence-electron chi connectivity index (χ2n) is 9.65. The summed E-state index contributed by atoms with van der Waals surface area (Å²) in [6, 6.07) is 6.13. The summed E-state index contributed by atoms with van der Waals surface area (Å²) in [6.07, 6.45) is 0. The standard InChI is InChI=1S/C25H27F3N4O3/c1-12(14-8-7-9-16(20(14)26)25(27,28)23(3,4)34)29-21-15-10-19-17(11-18(15)30-13(2)31-21)24(5,35)22(33)32(19)6/h7-12,34-35H,1-6H3,(H,29,30,31). The van der Waals surface area contributed by atoms with E-state index < -0.39 is 40.5 Å². The van der Waals surface area contributed by atoms with E-state index in [0.717, 1.165) is 19.9 Å². The number of halogens is 3. The molecular formula is C25H27F3N4O3. The van der Waals surface area contributed by atoms with Crippen LogP contribution in [0.5, 0.6) is 0 Å². The Morgan fingerprint density at radius 1 is 1.20 bits per heavy atom. The van der Waals surface area contributed by atoms with Crippen LogP contribution in [0.4, 0.5) is 24.7 Å². The Morgan fingerprint density at radius 3 is 2.49 bits per heavy atom. The Morgan fingerprint density at radius 2 is 1.86 bits per heavy atom. The maximum Gasteiger partial charge on any atom is 0.303 e. The molecule has 186 valence electrons.